The second-order valence-corrected chi connectivity index (χ2v) is 11.8. The number of benzene rings is 2. The van der Waals surface area contributed by atoms with Crippen LogP contribution in [-0.4, -0.2) is 95.1 Å². The monoisotopic (exact) mass is 726 g/mol. The van der Waals surface area contributed by atoms with Crippen LogP contribution in [0.2, 0.25) is 0 Å². The lowest BCUT2D eigenvalue weighted by molar-refractivity contribution is -0.148. The van der Waals surface area contributed by atoms with E-state index in [4.69, 9.17) is 4.79 Å². The van der Waals surface area contributed by atoms with Crippen molar-refractivity contribution in [3.63, 3.8) is 0 Å². The number of aldehydes is 1. The fourth-order valence-electron chi connectivity index (χ4n) is 4.88. The zero-order valence-electron chi connectivity index (χ0n) is 31.9. The maximum absolute atomic E-state index is 13.1. The summed E-state index contributed by atoms with van der Waals surface area (Å²) in [4.78, 5) is 86.5. The molecule has 1 aliphatic heterocycles. The van der Waals surface area contributed by atoms with Crippen molar-refractivity contribution in [2.75, 3.05) is 36.8 Å². The summed E-state index contributed by atoms with van der Waals surface area (Å²) in [6, 6.07) is 11.7. The summed E-state index contributed by atoms with van der Waals surface area (Å²) in [6.45, 7) is 15.3. The minimum atomic E-state index is -1.37. The summed E-state index contributed by atoms with van der Waals surface area (Å²) in [5.74, 6) is -3.41. The van der Waals surface area contributed by atoms with Crippen LogP contribution in [-0.2, 0) is 35.2 Å². The maximum Gasteiger partial charge on any atom is 0.323 e. The molecular weight excluding hydrogens is 668 g/mol. The van der Waals surface area contributed by atoms with Crippen LogP contribution in [0.3, 0.4) is 0 Å². The Hall–Kier alpha value is -5.27. The minimum Gasteiger partial charge on any atom is -0.481 e. The Morgan fingerprint density at radius 3 is 1.96 bits per heavy atom. The van der Waals surface area contributed by atoms with Crippen molar-refractivity contribution >= 4 is 53.3 Å². The molecule has 0 aromatic heterocycles. The predicted octanol–water partition coefficient (Wildman–Crippen LogP) is 4.76. The van der Waals surface area contributed by atoms with E-state index in [1.807, 2.05) is 39.0 Å². The largest absolute Gasteiger partial charge is 0.481 e. The molecule has 14 nitrogen and oxygen atoms in total. The molecule has 1 aliphatic rings. The number of carboxylic acid groups (broad SMARTS) is 1. The lowest BCUT2D eigenvalue weighted by atomic mass is 10.1. The molecule has 288 valence electrons. The molecule has 1 saturated heterocycles. The van der Waals surface area contributed by atoms with Gasteiger partial charge in [0.15, 0.2) is 0 Å². The molecule has 1 fully saturated rings. The number of likely N-dealkylation sites (tertiary alicyclic amines) is 1. The predicted molar refractivity (Wildman–Crippen MR) is 203 cm³/mol. The highest BCUT2D eigenvalue weighted by atomic mass is 16.4. The molecule has 3 rings (SSSR count). The van der Waals surface area contributed by atoms with E-state index in [9.17, 15) is 33.9 Å². The van der Waals surface area contributed by atoms with Crippen molar-refractivity contribution in [1.29, 1.82) is 0 Å². The van der Waals surface area contributed by atoms with Crippen LogP contribution in [0.4, 0.5) is 16.2 Å². The van der Waals surface area contributed by atoms with Gasteiger partial charge in [0, 0.05) is 30.5 Å². The summed E-state index contributed by atoms with van der Waals surface area (Å²) >= 11 is 0. The third-order valence-corrected chi connectivity index (χ3v) is 7.13. The Kier molecular flexibility index (Phi) is 23.8. The highest BCUT2D eigenvalue weighted by Gasteiger charge is 2.34. The molecule has 0 unspecified atom stereocenters. The minimum absolute atomic E-state index is 0.0533. The van der Waals surface area contributed by atoms with E-state index in [-0.39, 0.29) is 18.9 Å². The van der Waals surface area contributed by atoms with Gasteiger partial charge in [-0.2, -0.15) is 0 Å². The number of anilines is 2. The molecule has 0 spiro atoms. The van der Waals surface area contributed by atoms with Crippen molar-refractivity contribution in [1.82, 2.24) is 20.4 Å². The van der Waals surface area contributed by atoms with Crippen LogP contribution in [0.5, 0.6) is 0 Å². The first kappa shape index (κ1) is 46.7. The molecule has 0 saturated carbocycles. The van der Waals surface area contributed by atoms with E-state index in [0.717, 1.165) is 29.6 Å². The lowest BCUT2D eigenvalue weighted by Gasteiger charge is -2.33. The number of amides is 6. The molecule has 1 atom stereocenters. The molecule has 14 heteroatoms. The fraction of sp³-hybridized carbons (Fsp3) is 0.500. The Labute approximate surface area is 308 Å². The highest BCUT2D eigenvalue weighted by Crippen LogP contribution is 2.16. The number of rotatable bonds is 13. The molecular formula is C38H58N6O8. The SMILES string of the molecule is CC.CC=O.CCC.Cc1ccccc1NC(=O)Nc1ccc(CC(=O)NCC(=O)N(C(C)C)[C@@H](CC(=O)O)C(=O)NCC(=O)N2CCCC2)cc1. The number of hydrogen-bond donors (Lipinski definition) is 5. The molecule has 2 aromatic carbocycles. The lowest BCUT2D eigenvalue weighted by Crippen LogP contribution is -2.56. The number of urea groups is 1. The molecule has 6 amide bonds. The van der Waals surface area contributed by atoms with Crippen LogP contribution in [0.1, 0.15) is 85.3 Å². The number of carbonyl (C=O) groups excluding carboxylic acids is 6. The number of carbonyl (C=O) groups is 7. The number of carboxylic acids is 1. The van der Waals surface area contributed by atoms with Gasteiger partial charge >= 0.3 is 12.0 Å². The van der Waals surface area contributed by atoms with Gasteiger partial charge in [-0.05, 0) is 69.9 Å². The molecule has 52 heavy (non-hydrogen) atoms. The van der Waals surface area contributed by atoms with Gasteiger partial charge in [0.25, 0.3) is 0 Å². The van der Waals surface area contributed by atoms with Gasteiger partial charge in [-0.25, -0.2) is 4.79 Å². The first-order chi connectivity index (χ1) is 24.8. The Bertz CT molecular complexity index is 1420. The quantitative estimate of drug-likeness (QED) is 0.182. The van der Waals surface area contributed by atoms with E-state index in [1.165, 1.54) is 13.3 Å². The average Bonchev–Trinajstić information content (AvgIpc) is 3.65. The van der Waals surface area contributed by atoms with Crippen molar-refractivity contribution in [2.45, 2.75) is 99.6 Å². The number of nitrogens with zero attached hydrogens (tertiary/aromatic N) is 2. The Morgan fingerprint density at radius 2 is 1.44 bits per heavy atom. The van der Waals surface area contributed by atoms with E-state index in [1.54, 1.807) is 49.1 Å². The summed E-state index contributed by atoms with van der Waals surface area (Å²) in [7, 11) is 0. The van der Waals surface area contributed by atoms with E-state index >= 15 is 0 Å². The van der Waals surface area contributed by atoms with Crippen molar-refractivity contribution < 1.29 is 38.7 Å². The van der Waals surface area contributed by atoms with Crippen LogP contribution < -0.4 is 21.3 Å². The van der Waals surface area contributed by atoms with Gasteiger partial charge in [0.2, 0.25) is 23.6 Å². The van der Waals surface area contributed by atoms with Crippen molar-refractivity contribution in [3.05, 3.63) is 59.7 Å². The third kappa shape index (κ3) is 18.1. The van der Waals surface area contributed by atoms with Gasteiger partial charge in [-0.1, -0.05) is 64.4 Å². The topological polar surface area (TPSA) is 194 Å². The number of aliphatic carboxylic acids is 1. The zero-order chi connectivity index (χ0) is 39.6. The summed E-state index contributed by atoms with van der Waals surface area (Å²) in [6.07, 6.45) is 3.06. The number of nitrogens with one attached hydrogen (secondary N) is 4. The Morgan fingerprint density at radius 1 is 0.885 bits per heavy atom. The first-order valence-corrected chi connectivity index (χ1v) is 17.7. The molecule has 0 radical (unpaired) electrons. The summed E-state index contributed by atoms with van der Waals surface area (Å²) < 4.78 is 0. The van der Waals surface area contributed by atoms with Crippen molar-refractivity contribution in [3.8, 4) is 0 Å². The highest BCUT2D eigenvalue weighted by molar-refractivity contribution is 6.00. The maximum atomic E-state index is 13.1. The van der Waals surface area contributed by atoms with E-state index < -0.39 is 54.8 Å². The second-order valence-electron chi connectivity index (χ2n) is 11.8. The van der Waals surface area contributed by atoms with Crippen LogP contribution >= 0.6 is 0 Å². The number of hydrogen-bond acceptors (Lipinski definition) is 7. The fourth-order valence-corrected chi connectivity index (χ4v) is 4.88. The molecule has 5 N–H and O–H groups in total. The van der Waals surface area contributed by atoms with Gasteiger partial charge < -0.3 is 41.0 Å². The Balaban J connectivity index is 0.00000298. The zero-order valence-corrected chi connectivity index (χ0v) is 31.9. The van der Waals surface area contributed by atoms with Gasteiger partial charge in [-0.3, -0.25) is 24.0 Å². The molecule has 2 aromatic rings. The average molecular weight is 727 g/mol. The first-order valence-electron chi connectivity index (χ1n) is 17.7. The molecule has 0 aliphatic carbocycles. The van der Waals surface area contributed by atoms with Crippen molar-refractivity contribution in [2.24, 2.45) is 0 Å². The number of para-hydroxylation sites is 1. The molecule has 1 heterocycles. The molecule has 0 bridgehead atoms. The summed E-state index contributed by atoms with van der Waals surface area (Å²) in [5.41, 5.74) is 2.76. The second kappa shape index (κ2) is 26.5. The standard InChI is InChI=1S/C31H40N6O7.C3H8.C2H4O.C2H6/c1-20(2)37(25(17-29(41)42)30(43)33-18-27(39)36-14-6-7-15-36)28(40)19-32-26(38)16-22-10-12-23(13-11-22)34-31(44)35-24-9-5-4-8-21(24)3;1-3-2;1-2-3;1-2/h4-5,8-13,20,25H,6-7,14-19H2,1-3H3,(H,32,38)(H,33,43)(H,41,42)(H2,34,35,44);3H2,1-2H3;2H,1H3;1-2H3/t25-;;;/m0.../s1. The normalized spacial score (nSPS) is 11.8. The van der Waals surface area contributed by atoms with Crippen LogP contribution in [0, 0.1) is 6.92 Å². The van der Waals surface area contributed by atoms with Crippen LogP contribution in [0.15, 0.2) is 48.5 Å². The van der Waals surface area contributed by atoms with Gasteiger partial charge in [0.1, 0.15) is 12.3 Å². The van der Waals surface area contributed by atoms with Gasteiger partial charge in [-0.15, -0.1) is 0 Å². The third-order valence-electron chi connectivity index (χ3n) is 7.13. The van der Waals surface area contributed by atoms with E-state index in [0.29, 0.717) is 30.0 Å². The van der Waals surface area contributed by atoms with E-state index in [2.05, 4.69) is 35.1 Å². The van der Waals surface area contributed by atoms with Crippen LogP contribution in [0.25, 0.3) is 0 Å². The smallest absolute Gasteiger partial charge is 0.323 e. The van der Waals surface area contributed by atoms with Gasteiger partial charge in [0.05, 0.1) is 25.9 Å². The number of aryl methyl sites for hydroxylation is 1. The summed E-state index contributed by atoms with van der Waals surface area (Å²) in [5, 5.41) is 19.9.